The molecular weight excluding hydrogens is 104 g/mol. The number of hydrazine groups is 1. The van der Waals surface area contributed by atoms with Crippen LogP contribution in [0.5, 0.6) is 0 Å². The zero-order valence-electron chi connectivity index (χ0n) is 5.22. The first kappa shape index (κ1) is 5.56. The molecular formula is C5H10N2O. The lowest BCUT2D eigenvalue weighted by molar-refractivity contribution is -0.133. The predicted octanol–water partition coefficient (Wildman–Crippen LogP) is -0.305. The fourth-order valence-corrected chi connectivity index (χ4v) is 0.760. The molecule has 0 radical (unpaired) electrons. The Morgan fingerprint density at radius 2 is 2.12 bits per heavy atom. The van der Waals surface area contributed by atoms with Gasteiger partial charge in [-0.2, -0.15) is 0 Å². The van der Waals surface area contributed by atoms with E-state index in [1.54, 1.807) is 12.1 Å². The van der Waals surface area contributed by atoms with Gasteiger partial charge in [-0.3, -0.25) is 9.80 Å². The van der Waals surface area contributed by atoms with Crippen molar-refractivity contribution < 1.29 is 4.79 Å². The summed E-state index contributed by atoms with van der Waals surface area (Å²) in [7, 11) is 3.69. The van der Waals surface area contributed by atoms with Crippen LogP contribution >= 0.6 is 0 Å². The third-order valence-corrected chi connectivity index (χ3v) is 1.52. The Morgan fingerprint density at radius 1 is 1.50 bits per heavy atom. The first-order valence-electron chi connectivity index (χ1n) is 2.69. The molecule has 1 fully saturated rings. The molecule has 0 unspecified atom stereocenters. The van der Waals surface area contributed by atoms with E-state index < -0.39 is 0 Å². The first-order valence-corrected chi connectivity index (χ1v) is 2.69. The SMILES string of the molecule is CN1CCC(=O)N1C. The average Bonchev–Trinajstić information content (AvgIpc) is 1.98. The Kier molecular flexibility index (Phi) is 1.21. The lowest BCUT2D eigenvalue weighted by atomic mass is 10.4. The van der Waals surface area contributed by atoms with Crippen LogP contribution in [0.25, 0.3) is 0 Å². The second-order valence-corrected chi connectivity index (χ2v) is 2.05. The second kappa shape index (κ2) is 1.74. The summed E-state index contributed by atoms with van der Waals surface area (Å²) in [4.78, 5) is 10.7. The van der Waals surface area contributed by atoms with Gasteiger partial charge in [-0.05, 0) is 0 Å². The third-order valence-electron chi connectivity index (χ3n) is 1.52. The van der Waals surface area contributed by atoms with Crippen LogP contribution in [0.4, 0.5) is 0 Å². The van der Waals surface area contributed by atoms with Gasteiger partial charge in [0, 0.05) is 27.1 Å². The van der Waals surface area contributed by atoms with Crippen LogP contribution in [-0.4, -0.2) is 36.6 Å². The van der Waals surface area contributed by atoms with Crippen molar-refractivity contribution in [1.82, 2.24) is 10.0 Å². The minimum Gasteiger partial charge on any atom is -0.279 e. The molecule has 3 heteroatoms. The monoisotopic (exact) mass is 114 g/mol. The Labute approximate surface area is 48.8 Å². The maximum absolute atomic E-state index is 10.7. The highest BCUT2D eigenvalue weighted by molar-refractivity contribution is 5.77. The molecule has 0 bridgehead atoms. The summed E-state index contributed by atoms with van der Waals surface area (Å²) in [6.45, 7) is 0.870. The summed E-state index contributed by atoms with van der Waals surface area (Å²) in [6, 6.07) is 0. The largest absolute Gasteiger partial charge is 0.279 e. The first-order chi connectivity index (χ1) is 3.72. The van der Waals surface area contributed by atoms with E-state index in [-0.39, 0.29) is 5.91 Å². The molecule has 1 aliphatic rings. The minimum atomic E-state index is 0.215. The number of hydrogen-bond acceptors (Lipinski definition) is 2. The molecule has 0 spiro atoms. The molecule has 0 aromatic rings. The molecule has 1 saturated heterocycles. The number of carbonyl (C=O) groups is 1. The molecule has 3 nitrogen and oxygen atoms in total. The smallest absolute Gasteiger partial charge is 0.237 e. The van der Waals surface area contributed by atoms with Crippen molar-refractivity contribution in [1.29, 1.82) is 0 Å². The normalized spacial score (nSPS) is 22.8. The molecule has 0 N–H and O–H groups in total. The predicted molar refractivity (Wildman–Crippen MR) is 30.0 cm³/mol. The van der Waals surface area contributed by atoms with Crippen molar-refractivity contribution in [3.63, 3.8) is 0 Å². The van der Waals surface area contributed by atoms with E-state index in [1.807, 2.05) is 12.1 Å². The number of hydrogen-bond donors (Lipinski definition) is 0. The highest BCUT2D eigenvalue weighted by atomic mass is 16.2. The lowest BCUT2D eigenvalue weighted by Gasteiger charge is -2.17. The number of rotatable bonds is 0. The average molecular weight is 114 g/mol. The zero-order valence-corrected chi connectivity index (χ0v) is 5.22. The van der Waals surface area contributed by atoms with E-state index in [2.05, 4.69) is 0 Å². The zero-order chi connectivity index (χ0) is 6.15. The van der Waals surface area contributed by atoms with Crippen LogP contribution in [0.15, 0.2) is 0 Å². The van der Waals surface area contributed by atoms with Crippen LogP contribution in [0, 0.1) is 0 Å². The fourth-order valence-electron chi connectivity index (χ4n) is 0.760. The molecule has 0 saturated carbocycles. The van der Waals surface area contributed by atoms with Crippen molar-refractivity contribution in [2.75, 3.05) is 20.6 Å². The standard InChI is InChI=1S/C5H10N2O/c1-6-4-3-5(8)7(6)2/h3-4H2,1-2H3. The summed E-state index contributed by atoms with van der Waals surface area (Å²) >= 11 is 0. The van der Waals surface area contributed by atoms with Crippen molar-refractivity contribution in [2.24, 2.45) is 0 Å². The molecule has 1 rings (SSSR count). The molecule has 1 heterocycles. The van der Waals surface area contributed by atoms with Crippen molar-refractivity contribution in [3.8, 4) is 0 Å². The molecule has 1 aliphatic heterocycles. The summed E-state index contributed by atoms with van der Waals surface area (Å²) in [5, 5.41) is 3.54. The third kappa shape index (κ3) is 0.690. The summed E-state index contributed by atoms with van der Waals surface area (Å²) in [5.41, 5.74) is 0. The second-order valence-electron chi connectivity index (χ2n) is 2.05. The lowest BCUT2D eigenvalue weighted by Crippen LogP contribution is -2.31. The fraction of sp³-hybridized carbons (Fsp3) is 0.800. The molecule has 0 atom stereocenters. The van der Waals surface area contributed by atoms with Crippen LogP contribution in [0.2, 0.25) is 0 Å². The maximum Gasteiger partial charge on any atom is 0.237 e. The van der Waals surface area contributed by atoms with E-state index in [0.717, 1.165) is 6.54 Å². The Hall–Kier alpha value is -0.570. The summed E-state index contributed by atoms with van der Waals surface area (Å²) < 4.78 is 0. The summed E-state index contributed by atoms with van der Waals surface area (Å²) in [5.74, 6) is 0.215. The van der Waals surface area contributed by atoms with Gasteiger partial charge in [-0.15, -0.1) is 0 Å². The highest BCUT2D eigenvalue weighted by Gasteiger charge is 2.20. The van der Waals surface area contributed by atoms with Crippen LogP contribution < -0.4 is 0 Å². The van der Waals surface area contributed by atoms with E-state index >= 15 is 0 Å². The van der Waals surface area contributed by atoms with Gasteiger partial charge in [0.2, 0.25) is 5.91 Å². The van der Waals surface area contributed by atoms with E-state index in [1.165, 1.54) is 0 Å². The van der Waals surface area contributed by atoms with Crippen LogP contribution in [-0.2, 0) is 4.79 Å². The topological polar surface area (TPSA) is 23.6 Å². The van der Waals surface area contributed by atoms with E-state index in [9.17, 15) is 4.79 Å². The quantitative estimate of drug-likeness (QED) is 0.431. The van der Waals surface area contributed by atoms with E-state index in [4.69, 9.17) is 0 Å². The minimum absolute atomic E-state index is 0.215. The number of amides is 1. The van der Waals surface area contributed by atoms with Gasteiger partial charge in [-0.25, -0.2) is 5.01 Å². The molecule has 46 valence electrons. The van der Waals surface area contributed by atoms with Crippen molar-refractivity contribution >= 4 is 5.91 Å². The van der Waals surface area contributed by atoms with Crippen LogP contribution in [0.3, 0.4) is 0 Å². The molecule has 0 aromatic carbocycles. The molecule has 0 aliphatic carbocycles. The maximum atomic E-state index is 10.7. The summed E-state index contributed by atoms with van der Waals surface area (Å²) in [6.07, 6.45) is 0.674. The van der Waals surface area contributed by atoms with Crippen molar-refractivity contribution in [3.05, 3.63) is 0 Å². The van der Waals surface area contributed by atoms with Crippen LogP contribution in [0.1, 0.15) is 6.42 Å². The van der Waals surface area contributed by atoms with Gasteiger partial charge in [-0.1, -0.05) is 0 Å². The molecule has 8 heavy (non-hydrogen) atoms. The van der Waals surface area contributed by atoms with Gasteiger partial charge in [0.1, 0.15) is 0 Å². The highest BCUT2D eigenvalue weighted by Crippen LogP contribution is 2.04. The van der Waals surface area contributed by atoms with Gasteiger partial charge in [0.15, 0.2) is 0 Å². The Bertz CT molecular complexity index is 113. The van der Waals surface area contributed by atoms with Gasteiger partial charge >= 0.3 is 0 Å². The number of carbonyl (C=O) groups excluding carboxylic acids is 1. The Balaban J connectivity index is 2.56. The van der Waals surface area contributed by atoms with E-state index in [0.29, 0.717) is 6.42 Å². The van der Waals surface area contributed by atoms with Gasteiger partial charge < -0.3 is 0 Å². The number of nitrogens with zero attached hydrogens (tertiary/aromatic N) is 2. The molecule has 0 aromatic heterocycles. The molecule has 1 amide bonds. The van der Waals surface area contributed by atoms with Gasteiger partial charge in [0.05, 0.1) is 0 Å². The van der Waals surface area contributed by atoms with Crippen molar-refractivity contribution in [2.45, 2.75) is 6.42 Å². The van der Waals surface area contributed by atoms with Gasteiger partial charge in [0.25, 0.3) is 0 Å². The Morgan fingerprint density at radius 3 is 2.25 bits per heavy atom.